The van der Waals surface area contributed by atoms with Crippen LogP contribution < -0.4 is 5.32 Å². The largest absolute Gasteiger partial charge is 0.395 e. The van der Waals surface area contributed by atoms with Gasteiger partial charge in [-0.1, -0.05) is 37.3 Å². The molecule has 1 rings (SSSR count). The smallest absolute Gasteiger partial charge is 0.0587 e. The molecule has 0 spiro atoms. The number of benzene rings is 1. The van der Waals surface area contributed by atoms with Crippen molar-refractivity contribution in [1.82, 2.24) is 5.32 Å². The van der Waals surface area contributed by atoms with Crippen molar-refractivity contribution >= 4 is 11.8 Å². The predicted octanol–water partition coefficient (Wildman–Crippen LogP) is 2.32. The van der Waals surface area contributed by atoms with Crippen LogP contribution in [-0.2, 0) is 6.42 Å². The zero-order valence-electron chi connectivity index (χ0n) is 10.6. The van der Waals surface area contributed by atoms with Crippen molar-refractivity contribution in [3.8, 4) is 0 Å². The Balaban J connectivity index is 2.20. The maximum Gasteiger partial charge on any atom is 0.0587 e. The van der Waals surface area contributed by atoms with Gasteiger partial charge in [0.05, 0.1) is 6.61 Å². The topological polar surface area (TPSA) is 32.3 Å². The van der Waals surface area contributed by atoms with Crippen LogP contribution in [0.25, 0.3) is 0 Å². The van der Waals surface area contributed by atoms with E-state index in [1.165, 1.54) is 23.5 Å². The quantitative estimate of drug-likeness (QED) is 0.663. The molecule has 2 N–H and O–H groups in total. The standard InChI is InChI=1S/C14H23NOS/c1-2-17-10-6-9-15-14(12-16)11-13-7-4-3-5-8-13/h3-5,7-8,14-16H,2,6,9-12H2,1H3/t14-/m0/s1. The summed E-state index contributed by atoms with van der Waals surface area (Å²) in [5, 5.41) is 12.7. The summed E-state index contributed by atoms with van der Waals surface area (Å²) in [5.74, 6) is 2.39. The second-order valence-corrected chi connectivity index (χ2v) is 5.47. The van der Waals surface area contributed by atoms with E-state index in [4.69, 9.17) is 0 Å². The third kappa shape index (κ3) is 6.71. The molecule has 1 atom stereocenters. The van der Waals surface area contributed by atoms with Gasteiger partial charge in [-0.2, -0.15) is 11.8 Å². The van der Waals surface area contributed by atoms with E-state index in [0.717, 1.165) is 13.0 Å². The van der Waals surface area contributed by atoms with E-state index >= 15 is 0 Å². The van der Waals surface area contributed by atoms with Crippen molar-refractivity contribution in [3.63, 3.8) is 0 Å². The fraction of sp³-hybridized carbons (Fsp3) is 0.571. The highest BCUT2D eigenvalue weighted by Crippen LogP contribution is 2.04. The van der Waals surface area contributed by atoms with Gasteiger partial charge in [0.2, 0.25) is 0 Å². The van der Waals surface area contributed by atoms with Gasteiger partial charge in [0.1, 0.15) is 0 Å². The van der Waals surface area contributed by atoms with Crippen LogP contribution in [-0.4, -0.2) is 35.8 Å². The summed E-state index contributed by atoms with van der Waals surface area (Å²) in [5.41, 5.74) is 1.28. The number of aliphatic hydroxyl groups excluding tert-OH is 1. The summed E-state index contributed by atoms with van der Waals surface area (Å²) in [7, 11) is 0. The van der Waals surface area contributed by atoms with E-state index in [-0.39, 0.29) is 12.6 Å². The summed E-state index contributed by atoms with van der Waals surface area (Å²) < 4.78 is 0. The molecule has 0 amide bonds. The SMILES string of the molecule is CCSCCCN[C@H](CO)Cc1ccccc1. The molecule has 0 aromatic heterocycles. The average Bonchev–Trinajstić information content (AvgIpc) is 2.38. The lowest BCUT2D eigenvalue weighted by atomic mass is 10.1. The molecule has 0 aliphatic carbocycles. The molecular weight excluding hydrogens is 230 g/mol. The van der Waals surface area contributed by atoms with Crippen LogP contribution in [0.15, 0.2) is 30.3 Å². The second-order valence-electron chi connectivity index (χ2n) is 4.07. The van der Waals surface area contributed by atoms with Crippen molar-refractivity contribution in [2.45, 2.75) is 25.8 Å². The summed E-state index contributed by atoms with van der Waals surface area (Å²) in [6.07, 6.45) is 2.07. The zero-order chi connectivity index (χ0) is 12.3. The lowest BCUT2D eigenvalue weighted by molar-refractivity contribution is 0.242. The maximum absolute atomic E-state index is 9.32. The molecule has 96 valence electrons. The van der Waals surface area contributed by atoms with Gasteiger partial charge in [0.15, 0.2) is 0 Å². The molecule has 1 aromatic carbocycles. The minimum Gasteiger partial charge on any atom is -0.395 e. The van der Waals surface area contributed by atoms with Crippen molar-refractivity contribution in [2.24, 2.45) is 0 Å². The van der Waals surface area contributed by atoms with Gasteiger partial charge in [-0.25, -0.2) is 0 Å². The van der Waals surface area contributed by atoms with Crippen LogP contribution in [0.3, 0.4) is 0 Å². The zero-order valence-corrected chi connectivity index (χ0v) is 11.4. The Hall–Kier alpha value is -0.510. The molecule has 2 nitrogen and oxygen atoms in total. The molecule has 0 aliphatic rings. The Labute approximate surface area is 109 Å². The van der Waals surface area contributed by atoms with Gasteiger partial charge in [-0.3, -0.25) is 0 Å². The van der Waals surface area contributed by atoms with Gasteiger partial charge in [0.25, 0.3) is 0 Å². The van der Waals surface area contributed by atoms with Crippen molar-refractivity contribution in [3.05, 3.63) is 35.9 Å². The molecule has 3 heteroatoms. The van der Waals surface area contributed by atoms with E-state index in [0.29, 0.717) is 0 Å². The van der Waals surface area contributed by atoms with Crippen molar-refractivity contribution < 1.29 is 5.11 Å². The van der Waals surface area contributed by atoms with Crippen LogP contribution in [0.1, 0.15) is 18.9 Å². The fourth-order valence-corrected chi connectivity index (χ4v) is 2.36. The first-order chi connectivity index (χ1) is 8.36. The molecule has 1 aromatic rings. The lowest BCUT2D eigenvalue weighted by Gasteiger charge is -2.16. The normalized spacial score (nSPS) is 12.6. The third-order valence-electron chi connectivity index (χ3n) is 2.65. The number of rotatable bonds is 9. The van der Waals surface area contributed by atoms with E-state index in [1.807, 2.05) is 30.0 Å². The van der Waals surface area contributed by atoms with Gasteiger partial charge < -0.3 is 10.4 Å². The monoisotopic (exact) mass is 253 g/mol. The minimum absolute atomic E-state index is 0.184. The fourth-order valence-electron chi connectivity index (χ4n) is 1.72. The molecule has 0 fully saturated rings. The van der Waals surface area contributed by atoms with Crippen molar-refractivity contribution in [2.75, 3.05) is 24.7 Å². The Morgan fingerprint density at radius 3 is 2.71 bits per heavy atom. The maximum atomic E-state index is 9.32. The number of thioether (sulfide) groups is 1. The Bertz CT molecular complexity index is 279. The van der Waals surface area contributed by atoms with Gasteiger partial charge >= 0.3 is 0 Å². The number of hydrogen-bond acceptors (Lipinski definition) is 3. The highest BCUT2D eigenvalue weighted by atomic mass is 32.2. The lowest BCUT2D eigenvalue weighted by Crippen LogP contribution is -2.35. The van der Waals surface area contributed by atoms with Crippen molar-refractivity contribution in [1.29, 1.82) is 0 Å². The Morgan fingerprint density at radius 2 is 2.06 bits per heavy atom. The highest BCUT2D eigenvalue weighted by molar-refractivity contribution is 7.99. The van der Waals surface area contributed by atoms with E-state index in [2.05, 4.69) is 24.4 Å². The summed E-state index contributed by atoms with van der Waals surface area (Å²) in [6.45, 7) is 3.38. The third-order valence-corrected chi connectivity index (χ3v) is 3.63. The first-order valence-corrected chi connectivity index (χ1v) is 7.48. The van der Waals surface area contributed by atoms with Crippen LogP contribution in [0.4, 0.5) is 0 Å². The summed E-state index contributed by atoms with van der Waals surface area (Å²) in [6, 6.07) is 10.5. The number of aliphatic hydroxyl groups is 1. The Kier molecular flexibility index (Phi) is 8.14. The molecular formula is C14H23NOS. The molecule has 0 aliphatic heterocycles. The molecule has 0 radical (unpaired) electrons. The molecule has 0 unspecified atom stereocenters. The summed E-state index contributed by atoms with van der Waals surface area (Å²) in [4.78, 5) is 0. The first-order valence-electron chi connectivity index (χ1n) is 6.32. The van der Waals surface area contributed by atoms with Crippen LogP contribution in [0.5, 0.6) is 0 Å². The van der Waals surface area contributed by atoms with Gasteiger partial charge in [0, 0.05) is 6.04 Å². The second kappa shape index (κ2) is 9.51. The molecule has 0 heterocycles. The predicted molar refractivity (Wildman–Crippen MR) is 76.6 cm³/mol. The van der Waals surface area contributed by atoms with Gasteiger partial charge in [-0.05, 0) is 36.5 Å². The Morgan fingerprint density at radius 1 is 1.29 bits per heavy atom. The average molecular weight is 253 g/mol. The molecule has 0 bridgehead atoms. The highest BCUT2D eigenvalue weighted by Gasteiger charge is 2.06. The van der Waals surface area contributed by atoms with E-state index in [1.54, 1.807) is 0 Å². The summed E-state index contributed by atoms with van der Waals surface area (Å²) >= 11 is 1.97. The van der Waals surface area contributed by atoms with E-state index < -0.39 is 0 Å². The minimum atomic E-state index is 0.184. The van der Waals surface area contributed by atoms with E-state index in [9.17, 15) is 5.11 Å². The van der Waals surface area contributed by atoms with Crippen LogP contribution in [0, 0.1) is 0 Å². The molecule has 0 saturated carbocycles. The van der Waals surface area contributed by atoms with Gasteiger partial charge in [-0.15, -0.1) is 0 Å². The first kappa shape index (κ1) is 14.6. The molecule has 17 heavy (non-hydrogen) atoms. The van der Waals surface area contributed by atoms with Crippen LogP contribution in [0.2, 0.25) is 0 Å². The number of nitrogens with one attached hydrogen (secondary N) is 1. The molecule has 0 saturated heterocycles. The van der Waals surface area contributed by atoms with Crippen LogP contribution >= 0.6 is 11.8 Å². The number of hydrogen-bond donors (Lipinski definition) is 2.